The Balaban J connectivity index is 1.49. The second-order valence-electron chi connectivity index (χ2n) is 9.78. The molecular formula is C28H29FN6O3. The highest BCUT2D eigenvalue weighted by Crippen LogP contribution is 2.36. The molecule has 4 heterocycles. The van der Waals surface area contributed by atoms with Gasteiger partial charge < -0.3 is 28.9 Å². The Bertz CT molecular complexity index is 1680. The van der Waals surface area contributed by atoms with Gasteiger partial charge in [0, 0.05) is 38.0 Å². The van der Waals surface area contributed by atoms with Crippen LogP contribution in [0.1, 0.15) is 27.5 Å². The van der Waals surface area contributed by atoms with Crippen molar-refractivity contribution in [3.63, 3.8) is 0 Å². The Kier molecular flexibility index (Phi) is 5.91. The maximum absolute atomic E-state index is 13.2. The maximum Gasteiger partial charge on any atom is 0.254 e. The molecule has 3 aromatic heterocycles. The molecule has 38 heavy (non-hydrogen) atoms. The fraction of sp³-hybridized carbons (Fsp3) is 0.321. The smallest absolute Gasteiger partial charge is 0.254 e. The van der Waals surface area contributed by atoms with E-state index in [1.165, 1.54) is 0 Å². The molecule has 196 valence electrons. The van der Waals surface area contributed by atoms with Gasteiger partial charge in [-0.15, -0.1) is 0 Å². The van der Waals surface area contributed by atoms with Crippen LogP contribution in [-0.4, -0.2) is 62.8 Å². The second-order valence-corrected chi connectivity index (χ2v) is 9.78. The quantitative estimate of drug-likeness (QED) is 0.353. The monoisotopic (exact) mass is 516 g/mol. The molecule has 0 bridgehead atoms. The van der Waals surface area contributed by atoms with Crippen molar-refractivity contribution in [3.05, 3.63) is 65.4 Å². The van der Waals surface area contributed by atoms with Crippen molar-refractivity contribution in [2.75, 3.05) is 26.9 Å². The number of halogens is 1. The number of ether oxygens (including phenoxy) is 1. The van der Waals surface area contributed by atoms with E-state index < -0.39 is 12.7 Å². The number of carbonyl (C=O) groups excluding carboxylic acids is 1. The van der Waals surface area contributed by atoms with E-state index in [1.807, 2.05) is 44.3 Å². The largest absolute Gasteiger partial charge is 0.495 e. The summed E-state index contributed by atoms with van der Waals surface area (Å²) in [6.45, 7) is 2.34. The van der Waals surface area contributed by atoms with E-state index in [9.17, 15) is 9.18 Å². The van der Waals surface area contributed by atoms with E-state index in [-0.39, 0.29) is 12.5 Å². The Labute approximate surface area is 218 Å². The van der Waals surface area contributed by atoms with Crippen LogP contribution in [0.15, 0.2) is 47.1 Å². The maximum atomic E-state index is 13.2. The zero-order valence-electron chi connectivity index (χ0n) is 21.6. The molecule has 0 saturated carbocycles. The van der Waals surface area contributed by atoms with Gasteiger partial charge in [-0.1, -0.05) is 12.1 Å². The number of carbonyl (C=O) groups is 1. The number of amides is 1. The SMILES string of the molecule is COc1cccc2cc(-c3nc4cc5c(cc4n3C)CCN(C[C@H](N)CF)C5=O)n(Cc3coc(C)n3)c12. The highest BCUT2D eigenvalue weighted by molar-refractivity contribution is 6.01. The molecule has 6 rings (SSSR count). The van der Waals surface area contributed by atoms with Gasteiger partial charge in [-0.2, -0.15) is 0 Å². The molecule has 0 aliphatic carbocycles. The first-order valence-electron chi connectivity index (χ1n) is 12.6. The summed E-state index contributed by atoms with van der Waals surface area (Å²) in [4.78, 5) is 24.3. The van der Waals surface area contributed by atoms with E-state index in [1.54, 1.807) is 18.3 Å². The van der Waals surface area contributed by atoms with Crippen LogP contribution in [0.3, 0.4) is 0 Å². The summed E-state index contributed by atoms with van der Waals surface area (Å²) < 4.78 is 28.3. The van der Waals surface area contributed by atoms with Gasteiger partial charge in [-0.3, -0.25) is 4.79 Å². The van der Waals surface area contributed by atoms with E-state index in [0.29, 0.717) is 36.5 Å². The van der Waals surface area contributed by atoms with Gasteiger partial charge in [0.25, 0.3) is 5.91 Å². The van der Waals surface area contributed by atoms with Crippen molar-refractivity contribution in [1.82, 2.24) is 24.0 Å². The topological polar surface area (TPSA) is 104 Å². The number of hydrogen-bond acceptors (Lipinski definition) is 6. The van der Waals surface area contributed by atoms with Crippen molar-refractivity contribution in [2.24, 2.45) is 12.8 Å². The number of aromatic nitrogens is 4. The van der Waals surface area contributed by atoms with Crippen molar-refractivity contribution in [2.45, 2.75) is 25.9 Å². The number of methoxy groups -OCH3 is 1. The Hall–Kier alpha value is -4.18. The van der Waals surface area contributed by atoms with Gasteiger partial charge in [-0.05, 0) is 36.2 Å². The molecule has 2 N–H and O–H groups in total. The Morgan fingerprint density at radius 3 is 2.82 bits per heavy atom. The first-order valence-corrected chi connectivity index (χ1v) is 12.6. The van der Waals surface area contributed by atoms with Crippen molar-refractivity contribution < 1.29 is 18.3 Å². The lowest BCUT2D eigenvalue weighted by molar-refractivity contribution is 0.0725. The number of benzene rings is 2. The molecule has 10 heteroatoms. The van der Waals surface area contributed by atoms with E-state index >= 15 is 0 Å². The summed E-state index contributed by atoms with van der Waals surface area (Å²) in [5, 5.41) is 1.01. The summed E-state index contributed by atoms with van der Waals surface area (Å²) in [5.41, 5.74) is 11.6. The number of oxazole rings is 1. The molecule has 0 spiro atoms. The first-order chi connectivity index (χ1) is 18.4. The average molecular weight is 517 g/mol. The van der Waals surface area contributed by atoms with Crippen LogP contribution in [-0.2, 0) is 20.0 Å². The van der Waals surface area contributed by atoms with Crippen molar-refractivity contribution in [1.29, 1.82) is 0 Å². The van der Waals surface area contributed by atoms with Gasteiger partial charge >= 0.3 is 0 Å². The molecule has 0 saturated heterocycles. The number of para-hydroxylation sites is 1. The number of hydrogen-bond donors (Lipinski definition) is 1. The molecule has 1 atom stereocenters. The third-order valence-corrected chi connectivity index (χ3v) is 7.25. The Morgan fingerprint density at radius 1 is 1.24 bits per heavy atom. The van der Waals surface area contributed by atoms with Crippen LogP contribution in [0.5, 0.6) is 5.75 Å². The lowest BCUT2D eigenvalue weighted by atomic mass is 9.97. The lowest BCUT2D eigenvalue weighted by Crippen LogP contribution is -2.45. The molecule has 0 unspecified atom stereocenters. The number of fused-ring (bicyclic) bond motifs is 3. The summed E-state index contributed by atoms with van der Waals surface area (Å²) in [6.07, 6.45) is 2.34. The predicted octanol–water partition coefficient (Wildman–Crippen LogP) is 3.84. The van der Waals surface area contributed by atoms with E-state index in [0.717, 1.165) is 44.9 Å². The number of alkyl halides is 1. The third-order valence-electron chi connectivity index (χ3n) is 7.25. The zero-order valence-corrected chi connectivity index (χ0v) is 21.6. The molecule has 1 amide bonds. The zero-order chi connectivity index (χ0) is 26.6. The molecule has 2 aromatic carbocycles. The van der Waals surface area contributed by atoms with Gasteiger partial charge in [0.15, 0.2) is 11.7 Å². The number of nitrogens with zero attached hydrogens (tertiary/aromatic N) is 5. The first kappa shape index (κ1) is 24.2. The summed E-state index contributed by atoms with van der Waals surface area (Å²) in [5.74, 6) is 1.97. The Morgan fingerprint density at radius 2 is 2.08 bits per heavy atom. The molecular weight excluding hydrogens is 487 g/mol. The van der Waals surface area contributed by atoms with Crippen LogP contribution in [0.2, 0.25) is 0 Å². The van der Waals surface area contributed by atoms with E-state index in [4.69, 9.17) is 19.9 Å². The summed E-state index contributed by atoms with van der Waals surface area (Å²) in [7, 11) is 3.64. The summed E-state index contributed by atoms with van der Waals surface area (Å²) in [6, 6.07) is 11.2. The van der Waals surface area contributed by atoms with Crippen LogP contribution in [0.4, 0.5) is 4.39 Å². The second kappa shape index (κ2) is 9.29. The normalized spacial score (nSPS) is 14.4. The molecule has 5 aromatic rings. The fourth-order valence-electron chi connectivity index (χ4n) is 5.40. The van der Waals surface area contributed by atoms with Crippen LogP contribution in [0, 0.1) is 6.92 Å². The standard InChI is InChI=1S/C28H29FN6O3/c1-16-31-20(15-38-16)14-35-24(10-18-5-4-6-25(37-3)26(18)35)27-32-22-11-21-17(9-23(22)33(27)2)7-8-34(28(21)36)13-19(30)12-29/h4-6,9-11,15,19H,7-8,12-14,30H2,1-3H3/t19-/m1/s1. The predicted molar refractivity (Wildman–Crippen MR) is 142 cm³/mol. The van der Waals surface area contributed by atoms with Crippen LogP contribution < -0.4 is 10.5 Å². The lowest BCUT2D eigenvalue weighted by Gasteiger charge is -2.30. The molecule has 1 aliphatic rings. The van der Waals surface area contributed by atoms with Crippen molar-refractivity contribution >= 4 is 27.8 Å². The van der Waals surface area contributed by atoms with Gasteiger partial charge in [-0.25, -0.2) is 14.4 Å². The fourth-order valence-corrected chi connectivity index (χ4v) is 5.40. The average Bonchev–Trinajstić information content (AvgIpc) is 3.60. The van der Waals surface area contributed by atoms with Crippen LogP contribution in [0.25, 0.3) is 33.5 Å². The van der Waals surface area contributed by atoms with Crippen molar-refractivity contribution in [3.8, 4) is 17.3 Å². The molecule has 0 radical (unpaired) electrons. The molecule has 9 nitrogen and oxygen atoms in total. The number of aryl methyl sites for hydroxylation is 2. The number of nitrogens with two attached hydrogens (primary N) is 1. The van der Waals surface area contributed by atoms with E-state index in [2.05, 4.69) is 20.2 Å². The minimum absolute atomic E-state index is 0.135. The highest BCUT2D eigenvalue weighted by Gasteiger charge is 2.28. The number of imidazole rings is 1. The highest BCUT2D eigenvalue weighted by atomic mass is 19.1. The molecule has 0 fully saturated rings. The third kappa shape index (κ3) is 3.92. The van der Waals surface area contributed by atoms with Gasteiger partial charge in [0.05, 0.1) is 47.6 Å². The van der Waals surface area contributed by atoms with Crippen LogP contribution >= 0.6 is 0 Å². The minimum atomic E-state index is -0.682. The van der Waals surface area contributed by atoms with Gasteiger partial charge in [0.1, 0.15) is 18.7 Å². The molecule has 1 aliphatic heterocycles. The number of rotatable bonds is 7. The minimum Gasteiger partial charge on any atom is -0.495 e. The summed E-state index contributed by atoms with van der Waals surface area (Å²) >= 11 is 0. The van der Waals surface area contributed by atoms with Gasteiger partial charge in [0.2, 0.25) is 0 Å².